The first kappa shape index (κ1) is 9.84. The van der Waals surface area contributed by atoms with Crippen molar-refractivity contribution in [2.75, 3.05) is 6.54 Å². The van der Waals surface area contributed by atoms with E-state index in [9.17, 15) is 9.59 Å². The van der Waals surface area contributed by atoms with Gasteiger partial charge in [0.15, 0.2) is 0 Å². The highest BCUT2D eigenvalue weighted by Crippen LogP contribution is 1.83. The smallest absolute Gasteiger partial charge is 0.144 e. The quantitative estimate of drug-likeness (QED) is 0.393. The van der Waals surface area contributed by atoms with Crippen molar-refractivity contribution < 1.29 is 14.7 Å². The summed E-state index contributed by atoms with van der Waals surface area (Å²) in [6.07, 6.45) is 3.40. The summed E-state index contributed by atoms with van der Waals surface area (Å²) >= 11 is 0. The Morgan fingerprint density at radius 1 is 1.45 bits per heavy atom. The molecule has 0 aliphatic carbocycles. The summed E-state index contributed by atoms with van der Waals surface area (Å²) in [7, 11) is 0. The summed E-state index contributed by atoms with van der Waals surface area (Å²) in [5.74, 6) is 0. The number of aliphatic hydroxyl groups excluding tert-OH is 1. The fraction of sp³-hybridized carbons (Fsp3) is 0.429. The van der Waals surface area contributed by atoms with Crippen molar-refractivity contribution in [3.63, 3.8) is 0 Å². The maximum atomic E-state index is 9.84. The molecule has 0 aliphatic rings. The van der Waals surface area contributed by atoms with Crippen LogP contribution >= 0.6 is 0 Å². The summed E-state index contributed by atoms with van der Waals surface area (Å²) in [5, 5.41) is 11.6. The highest BCUT2D eigenvalue weighted by atomic mass is 16.3. The summed E-state index contributed by atoms with van der Waals surface area (Å²) < 4.78 is 0. The lowest BCUT2D eigenvalue weighted by Crippen LogP contribution is -2.22. The molecular weight excluding hydrogens is 146 g/mol. The molecule has 1 atom stereocenters. The molecule has 0 radical (unpaired) electrons. The minimum Gasteiger partial charge on any atom is -0.391 e. The van der Waals surface area contributed by atoms with Crippen molar-refractivity contribution in [1.29, 1.82) is 0 Å². The fourth-order valence-electron chi connectivity index (χ4n) is 0.506. The first-order valence-electron chi connectivity index (χ1n) is 3.26. The standard InChI is InChI=1S/C7H11NO3/c9-4-1-3-8-6-7(11)2-5-10/h1,3-5,7-8,11H,2,6H2/b3-1+. The van der Waals surface area contributed by atoms with Crippen molar-refractivity contribution in [3.05, 3.63) is 12.3 Å². The second kappa shape index (κ2) is 6.95. The zero-order valence-electron chi connectivity index (χ0n) is 6.06. The second-order valence-electron chi connectivity index (χ2n) is 1.96. The van der Waals surface area contributed by atoms with Crippen molar-refractivity contribution in [1.82, 2.24) is 5.32 Å². The lowest BCUT2D eigenvalue weighted by atomic mass is 10.3. The van der Waals surface area contributed by atoms with E-state index in [1.165, 1.54) is 12.3 Å². The van der Waals surface area contributed by atoms with Crippen LogP contribution in [0.15, 0.2) is 12.3 Å². The van der Waals surface area contributed by atoms with E-state index >= 15 is 0 Å². The van der Waals surface area contributed by atoms with Crippen LogP contribution in [0.2, 0.25) is 0 Å². The van der Waals surface area contributed by atoms with Crippen LogP contribution in [0.25, 0.3) is 0 Å². The Labute approximate surface area is 64.9 Å². The number of nitrogens with one attached hydrogen (secondary N) is 1. The van der Waals surface area contributed by atoms with Gasteiger partial charge in [-0.15, -0.1) is 0 Å². The van der Waals surface area contributed by atoms with Gasteiger partial charge in [-0.25, -0.2) is 0 Å². The van der Waals surface area contributed by atoms with Crippen molar-refractivity contribution in [2.24, 2.45) is 0 Å². The molecule has 0 aromatic heterocycles. The Balaban J connectivity index is 3.29. The highest BCUT2D eigenvalue weighted by molar-refractivity contribution is 5.64. The number of hydrogen-bond donors (Lipinski definition) is 2. The third kappa shape index (κ3) is 6.73. The van der Waals surface area contributed by atoms with E-state index < -0.39 is 6.10 Å². The van der Waals surface area contributed by atoms with Gasteiger partial charge in [-0.05, 0) is 12.3 Å². The van der Waals surface area contributed by atoms with Crippen molar-refractivity contribution >= 4 is 12.6 Å². The molecule has 11 heavy (non-hydrogen) atoms. The molecule has 0 rings (SSSR count). The van der Waals surface area contributed by atoms with Crippen LogP contribution in [0.3, 0.4) is 0 Å². The van der Waals surface area contributed by atoms with Crippen LogP contribution in [-0.4, -0.2) is 30.3 Å². The van der Waals surface area contributed by atoms with E-state index in [1.54, 1.807) is 0 Å². The monoisotopic (exact) mass is 157 g/mol. The molecule has 4 heteroatoms. The van der Waals surface area contributed by atoms with Gasteiger partial charge in [0.2, 0.25) is 0 Å². The molecule has 0 aromatic carbocycles. The average molecular weight is 157 g/mol. The van der Waals surface area contributed by atoms with E-state index in [4.69, 9.17) is 5.11 Å². The lowest BCUT2D eigenvalue weighted by Gasteiger charge is -2.04. The molecule has 1 unspecified atom stereocenters. The van der Waals surface area contributed by atoms with E-state index in [-0.39, 0.29) is 13.0 Å². The number of hydrogen-bond acceptors (Lipinski definition) is 4. The van der Waals surface area contributed by atoms with Gasteiger partial charge in [0.25, 0.3) is 0 Å². The average Bonchev–Trinajstić information content (AvgIpc) is 1.99. The van der Waals surface area contributed by atoms with Crippen LogP contribution in [-0.2, 0) is 9.59 Å². The van der Waals surface area contributed by atoms with Gasteiger partial charge < -0.3 is 15.2 Å². The molecule has 62 valence electrons. The normalized spacial score (nSPS) is 12.8. The van der Waals surface area contributed by atoms with Gasteiger partial charge in [-0.3, -0.25) is 4.79 Å². The third-order valence-corrected chi connectivity index (χ3v) is 1.01. The summed E-state index contributed by atoms with van der Waals surface area (Å²) in [4.78, 5) is 19.6. The molecule has 0 bridgehead atoms. The fourth-order valence-corrected chi connectivity index (χ4v) is 0.506. The highest BCUT2D eigenvalue weighted by Gasteiger charge is 1.98. The van der Waals surface area contributed by atoms with Gasteiger partial charge >= 0.3 is 0 Å². The van der Waals surface area contributed by atoms with Crippen LogP contribution in [0, 0.1) is 0 Å². The molecule has 0 aliphatic heterocycles. The summed E-state index contributed by atoms with van der Waals surface area (Å²) in [6, 6.07) is 0. The van der Waals surface area contributed by atoms with Gasteiger partial charge in [0, 0.05) is 13.0 Å². The number of aldehydes is 2. The Morgan fingerprint density at radius 3 is 2.73 bits per heavy atom. The Morgan fingerprint density at radius 2 is 2.18 bits per heavy atom. The predicted octanol–water partition coefficient (Wildman–Crippen LogP) is -0.762. The van der Waals surface area contributed by atoms with Gasteiger partial charge in [0.1, 0.15) is 12.6 Å². The first-order chi connectivity index (χ1) is 5.31. The summed E-state index contributed by atoms with van der Waals surface area (Å²) in [5.41, 5.74) is 0. The topological polar surface area (TPSA) is 66.4 Å². The molecule has 4 nitrogen and oxygen atoms in total. The van der Waals surface area contributed by atoms with Crippen LogP contribution in [0.4, 0.5) is 0 Å². The van der Waals surface area contributed by atoms with E-state index in [0.717, 1.165) is 0 Å². The number of rotatable bonds is 6. The maximum absolute atomic E-state index is 9.84. The Bertz CT molecular complexity index is 145. The van der Waals surface area contributed by atoms with Crippen molar-refractivity contribution in [2.45, 2.75) is 12.5 Å². The second-order valence-corrected chi connectivity index (χ2v) is 1.96. The minimum atomic E-state index is -0.677. The number of aliphatic hydroxyl groups is 1. The molecule has 0 saturated heterocycles. The zero-order valence-corrected chi connectivity index (χ0v) is 6.06. The Hall–Kier alpha value is -1.16. The lowest BCUT2D eigenvalue weighted by molar-refractivity contribution is -0.109. The van der Waals surface area contributed by atoms with Crippen LogP contribution in [0.1, 0.15) is 6.42 Å². The molecule has 0 amide bonds. The maximum Gasteiger partial charge on any atom is 0.144 e. The molecule has 0 spiro atoms. The SMILES string of the molecule is O=C/C=C/NCC(O)CC=O. The molecule has 0 heterocycles. The largest absolute Gasteiger partial charge is 0.391 e. The van der Waals surface area contributed by atoms with Crippen LogP contribution in [0.5, 0.6) is 0 Å². The first-order valence-corrected chi connectivity index (χ1v) is 3.26. The Kier molecular flexibility index (Phi) is 6.22. The number of carbonyl (C=O) groups excluding carboxylic acids is 2. The van der Waals surface area contributed by atoms with Crippen molar-refractivity contribution in [3.8, 4) is 0 Å². The zero-order chi connectivity index (χ0) is 8.53. The van der Waals surface area contributed by atoms with E-state index in [0.29, 0.717) is 12.6 Å². The molecule has 0 fully saturated rings. The number of allylic oxidation sites excluding steroid dienone is 1. The number of carbonyl (C=O) groups is 2. The molecule has 0 saturated carbocycles. The van der Waals surface area contributed by atoms with E-state index in [2.05, 4.69) is 5.32 Å². The predicted molar refractivity (Wildman–Crippen MR) is 39.9 cm³/mol. The summed E-state index contributed by atoms with van der Waals surface area (Å²) in [6.45, 7) is 0.281. The van der Waals surface area contributed by atoms with Gasteiger partial charge in [-0.1, -0.05) is 0 Å². The third-order valence-electron chi connectivity index (χ3n) is 1.01. The molecular formula is C7H11NO3. The van der Waals surface area contributed by atoms with E-state index in [1.807, 2.05) is 0 Å². The minimum absolute atomic E-state index is 0.113. The van der Waals surface area contributed by atoms with Crippen LogP contribution < -0.4 is 5.32 Å². The van der Waals surface area contributed by atoms with Gasteiger partial charge in [0.05, 0.1) is 6.10 Å². The van der Waals surface area contributed by atoms with Gasteiger partial charge in [-0.2, -0.15) is 0 Å². The molecule has 2 N–H and O–H groups in total. The molecule has 0 aromatic rings.